The van der Waals surface area contributed by atoms with Gasteiger partial charge in [-0.1, -0.05) is 37.0 Å². The molecule has 0 heterocycles. The zero-order valence-corrected chi connectivity index (χ0v) is 7.03. The molecule has 0 N–H and O–H groups in total. The second-order valence-corrected chi connectivity index (χ2v) is 2.38. The maximum atomic E-state index is 7.93. The highest BCUT2D eigenvalue weighted by Gasteiger charge is 1.80. The van der Waals surface area contributed by atoms with Gasteiger partial charge in [-0.05, 0) is 18.4 Å². The summed E-state index contributed by atoms with van der Waals surface area (Å²) in [5.41, 5.74) is 7.93. The van der Waals surface area contributed by atoms with Crippen LogP contribution in [0.5, 0.6) is 0 Å². The van der Waals surface area contributed by atoms with Crippen LogP contribution in [0, 0.1) is 0 Å². The third-order valence-electron chi connectivity index (χ3n) is 1.39. The molecule has 0 radical (unpaired) electrons. The minimum Gasteiger partial charge on any atom is -0.0899 e. The highest BCUT2D eigenvalue weighted by Crippen LogP contribution is 1.99. The van der Waals surface area contributed by atoms with Crippen molar-refractivity contribution in [2.24, 2.45) is 5.11 Å². The van der Waals surface area contributed by atoms with Crippen LogP contribution in [0.25, 0.3) is 10.4 Å². The molecule has 0 aromatic rings. The second kappa shape index (κ2) is 9.05. The molecule has 0 spiro atoms. The van der Waals surface area contributed by atoms with E-state index in [0.717, 1.165) is 6.42 Å². The minimum atomic E-state index is 0.489. The number of hydrogen-bond acceptors (Lipinski definition) is 1. The standard InChI is InChI=1S/C8H15N3/c1-2-3-4-5-6-7-8-10-11-9/h6-7H,2-5,8H2,1H3. The van der Waals surface area contributed by atoms with Crippen molar-refractivity contribution in [3.8, 4) is 0 Å². The van der Waals surface area contributed by atoms with Crippen molar-refractivity contribution in [3.05, 3.63) is 22.6 Å². The molecule has 0 aromatic heterocycles. The Labute approximate surface area is 67.7 Å². The van der Waals surface area contributed by atoms with Gasteiger partial charge in [0.25, 0.3) is 0 Å². The molecule has 0 aliphatic heterocycles. The highest BCUT2D eigenvalue weighted by molar-refractivity contribution is 4.83. The number of rotatable bonds is 6. The van der Waals surface area contributed by atoms with Crippen LogP contribution in [-0.4, -0.2) is 6.54 Å². The van der Waals surface area contributed by atoms with Crippen LogP contribution in [0.1, 0.15) is 32.6 Å². The Balaban J connectivity index is 3.09. The number of allylic oxidation sites excluding steroid dienone is 1. The molecule has 62 valence electrons. The van der Waals surface area contributed by atoms with Crippen molar-refractivity contribution in [1.82, 2.24) is 0 Å². The van der Waals surface area contributed by atoms with Crippen LogP contribution < -0.4 is 0 Å². The molecule has 0 amide bonds. The van der Waals surface area contributed by atoms with Gasteiger partial charge in [0.2, 0.25) is 0 Å². The molecular weight excluding hydrogens is 138 g/mol. The summed E-state index contributed by atoms with van der Waals surface area (Å²) in [6, 6.07) is 0. The minimum absolute atomic E-state index is 0.489. The number of unbranched alkanes of at least 4 members (excludes halogenated alkanes) is 3. The molecule has 0 saturated carbocycles. The Bertz CT molecular complexity index is 145. The van der Waals surface area contributed by atoms with Gasteiger partial charge in [0, 0.05) is 11.5 Å². The first-order chi connectivity index (χ1) is 5.41. The van der Waals surface area contributed by atoms with Crippen LogP contribution in [0.2, 0.25) is 0 Å². The molecule has 11 heavy (non-hydrogen) atoms. The lowest BCUT2D eigenvalue weighted by atomic mass is 10.2. The Hall–Kier alpha value is -0.950. The molecular formula is C8H15N3. The van der Waals surface area contributed by atoms with Gasteiger partial charge in [0.1, 0.15) is 0 Å². The van der Waals surface area contributed by atoms with E-state index in [1.165, 1.54) is 19.3 Å². The van der Waals surface area contributed by atoms with Crippen LogP contribution in [0.3, 0.4) is 0 Å². The fourth-order valence-corrected chi connectivity index (χ4v) is 0.788. The zero-order chi connectivity index (χ0) is 8.36. The summed E-state index contributed by atoms with van der Waals surface area (Å²) >= 11 is 0. The SMILES string of the molecule is CCCCCC=CCN=[N+]=[N-]. The first kappa shape index (κ1) is 10.0. The Kier molecular flexibility index (Phi) is 8.27. The Morgan fingerprint density at radius 2 is 2.18 bits per heavy atom. The van der Waals surface area contributed by atoms with Crippen molar-refractivity contribution in [1.29, 1.82) is 0 Å². The first-order valence-corrected chi connectivity index (χ1v) is 4.07. The van der Waals surface area contributed by atoms with Crippen molar-refractivity contribution in [2.45, 2.75) is 32.6 Å². The van der Waals surface area contributed by atoms with Gasteiger partial charge in [0.15, 0.2) is 0 Å². The fraction of sp³-hybridized carbons (Fsp3) is 0.750. The van der Waals surface area contributed by atoms with Crippen LogP contribution in [0.4, 0.5) is 0 Å². The van der Waals surface area contributed by atoms with E-state index in [1.807, 2.05) is 6.08 Å². The largest absolute Gasteiger partial charge is 0.0899 e. The third-order valence-corrected chi connectivity index (χ3v) is 1.39. The van der Waals surface area contributed by atoms with E-state index in [4.69, 9.17) is 5.53 Å². The zero-order valence-electron chi connectivity index (χ0n) is 7.03. The second-order valence-electron chi connectivity index (χ2n) is 2.38. The van der Waals surface area contributed by atoms with E-state index >= 15 is 0 Å². The fourth-order valence-electron chi connectivity index (χ4n) is 0.788. The smallest absolute Gasteiger partial charge is 0.0440 e. The molecule has 0 aliphatic carbocycles. The van der Waals surface area contributed by atoms with Gasteiger partial charge in [-0.15, -0.1) is 0 Å². The van der Waals surface area contributed by atoms with Gasteiger partial charge in [-0.25, -0.2) is 0 Å². The van der Waals surface area contributed by atoms with E-state index in [1.54, 1.807) is 0 Å². The number of azide groups is 1. The van der Waals surface area contributed by atoms with E-state index in [9.17, 15) is 0 Å². The molecule has 0 fully saturated rings. The van der Waals surface area contributed by atoms with E-state index in [-0.39, 0.29) is 0 Å². The van der Waals surface area contributed by atoms with E-state index < -0.39 is 0 Å². The molecule has 0 saturated heterocycles. The third kappa shape index (κ3) is 9.05. The van der Waals surface area contributed by atoms with Gasteiger partial charge < -0.3 is 0 Å². The average molecular weight is 153 g/mol. The first-order valence-electron chi connectivity index (χ1n) is 4.07. The van der Waals surface area contributed by atoms with Crippen molar-refractivity contribution >= 4 is 0 Å². The van der Waals surface area contributed by atoms with Crippen molar-refractivity contribution < 1.29 is 0 Å². The monoisotopic (exact) mass is 153 g/mol. The number of nitrogens with zero attached hydrogens (tertiary/aromatic N) is 3. The topological polar surface area (TPSA) is 48.8 Å². The average Bonchev–Trinajstić information content (AvgIpc) is 2.03. The maximum absolute atomic E-state index is 7.93. The van der Waals surface area contributed by atoms with E-state index in [2.05, 4.69) is 23.0 Å². The molecule has 0 atom stereocenters. The lowest BCUT2D eigenvalue weighted by Gasteiger charge is -1.89. The quantitative estimate of drug-likeness (QED) is 0.184. The van der Waals surface area contributed by atoms with E-state index in [0.29, 0.717) is 6.54 Å². The van der Waals surface area contributed by atoms with Gasteiger partial charge in [-0.3, -0.25) is 0 Å². The summed E-state index contributed by atoms with van der Waals surface area (Å²) in [5, 5.41) is 3.38. The molecule has 0 unspecified atom stereocenters. The molecule has 0 aliphatic rings. The van der Waals surface area contributed by atoms with Gasteiger partial charge in [0.05, 0.1) is 0 Å². The Morgan fingerprint density at radius 1 is 1.36 bits per heavy atom. The highest BCUT2D eigenvalue weighted by atomic mass is 15.1. The van der Waals surface area contributed by atoms with Crippen LogP contribution in [0.15, 0.2) is 17.3 Å². The normalized spacial score (nSPS) is 9.91. The predicted octanol–water partition coefficient (Wildman–Crippen LogP) is 3.43. The molecule has 0 bridgehead atoms. The molecule has 0 rings (SSSR count). The Morgan fingerprint density at radius 3 is 2.82 bits per heavy atom. The molecule has 3 nitrogen and oxygen atoms in total. The maximum Gasteiger partial charge on any atom is 0.0440 e. The summed E-state index contributed by atoms with van der Waals surface area (Å²) in [5.74, 6) is 0. The van der Waals surface area contributed by atoms with Crippen molar-refractivity contribution in [3.63, 3.8) is 0 Å². The summed E-state index contributed by atoms with van der Waals surface area (Å²) < 4.78 is 0. The number of hydrogen-bond donors (Lipinski definition) is 0. The van der Waals surface area contributed by atoms with Crippen molar-refractivity contribution in [2.75, 3.05) is 6.54 Å². The summed E-state index contributed by atoms with van der Waals surface area (Å²) in [4.78, 5) is 2.64. The van der Waals surface area contributed by atoms with Gasteiger partial charge >= 0.3 is 0 Å². The van der Waals surface area contributed by atoms with Crippen LogP contribution in [-0.2, 0) is 0 Å². The molecule has 3 heteroatoms. The molecule has 0 aromatic carbocycles. The summed E-state index contributed by atoms with van der Waals surface area (Å²) in [7, 11) is 0. The lowest BCUT2D eigenvalue weighted by molar-refractivity contribution is 0.728. The summed E-state index contributed by atoms with van der Waals surface area (Å²) in [6.45, 7) is 2.67. The van der Waals surface area contributed by atoms with Crippen LogP contribution >= 0.6 is 0 Å². The summed E-state index contributed by atoms with van der Waals surface area (Å²) in [6.07, 6.45) is 8.87. The predicted molar refractivity (Wildman–Crippen MR) is 47.3 cm³/mol. The lowest BCUT2D eigenvalue weighted by Crippen LogP contribution is -1.72. The van der Waals surface area contributed by atoms with Gasteiger partial charge in [-0.2, -0.15) is 0 Å².